The van der Waals surface area contributed by atoms with Crippen LogP contribution in [0.4, 0.5) is 11.4 Å². The maximum Gasteiger partial charge on any atom is 0.255 e. The predicted molar refractivity (Wildman–Crippen MR) is 91.7 cm³/mol. The van der Waals surface area contributed by atoms with Gasteiger partial charge < -0.3 is 10.6 Å². The van der Waals surface area contributed by atoms with Crippen molar-refractivity contribution in [2.24, 2.45) is 5.92 Å². The first-order valence-electron chi connectivity index (χ1n) is 7.83. The SMILES string of the molecule is Cc1cccc(NC(=O)c2cccc(NC(=O)C3CC3)c2)c1C. The number of carbonyl (C=O) groups excluding carboxylic acids is 2. The fourth-order valence-electron chi connectivity index (χ4n) is 2.41. The summed E-state index contributed by atoms with van der Waals surface area (Å²) in [5.41, 5.74) is 4.18. The molecule has 1 fully saturated rings. The van der Waals surface area contributed by atoms with E-state index in [-0.39, 0.29) is 17.7 Å². The van der Waals surface area contributed by atoms with E-state index < -0.39 is 0 Å². The molecule has 118 valence electrons. The Hall–Kier alpha value is -2.62. The molecule has 0 radical (unpaired) electrons. The lowest BCUT2D eigenvalue weighted by atomic mass is 10.1. The Kier molecular flexibility index (Phi) is 4.15. The summed E-state index contributed by atoms with van der Waals surface area (Å²) >= 11 is 0. The molecule has 3 rings (SSSR count). The summed E-state index contributed by atoms with van der Waals surface area (Å²) in [6.45, 7) is 4.00. The minimum Gasteiger partial charge on any atom is -0.326 e. The quantitative estimate of drug-likeness (QED) is 0.900. The monoisotopic (exact) mass is 308 g/mol. The molecule has 2 aromatic carbocycles. The summed E-state index contributed by atoms with van der Waals surface area (Å²) in [5.74, 6) is 0.000680. The van der Waals surface area contributed by atoms with Crippen LogP contribution in [0, 0.1) is 19.8 Å². The molecule has 0 unspecified atom stereocenters. The van der Waals surface area contributed by atoms with Gasteiger partial charge in [0, 0.05) is 22.9 Å². The number of hydrogen-bond donors (Lipinski definition) is 2. The summed E-state index contributed by atoms with van der Waals surface area (Å²) in [6.07, 6.45) is 1.91. The lowest BCUT2D eigenvalue weighted by Crippen LogP contribution is -2.16. The topological polar surface area (TPSA) is 58.2 Å². The number of anilines is 2. The fraction of sp³-hybridized carbons (Fsp3) is 0.263. The van der Waals surface area contributed by atoms with E-state index in [0.717, 1.165) is 29.7 Å². The van der Waals surface area contributed by atoms with Gasteiger partial charge in [-0.3, -0.25) is 9.59 Å². The number of rotatable bonds is 4. The number of aryl methyl sites for hydroxylation is 1. The van der Waals surface area contributed by atoms with E-state index in [1.807, 2.05) is 32.0 Å². The van der Waals surface area contributed by atoms with E-state index in [9.17, 15) is 9.59 Å². The smallest absolute Gasteiger partial charge is 0.255 e. The van der Waals surface area contributed by atoms with E-state index in [2.05, 4.69) is 10.6 Å². The van der Waals surface area contributed by atoms with Crippen molar-refractivity contribution in [2.45, 2.75) is 26.7 Å². The van der Waals surface area contributed by atoms with Gasteiger partial charge in [0.15, 0.2) is 0 Å². The molecule has 0 spiro atoms. The molecule has 0 aliphatic heterocycles. The Balaban J connectivity index is 1.74. The Labute approximate surface area is 135 Å². The van der Waals surface area contributed by atoms with E-state index in [0.29, 0.717) is 11.3 Å². The predicted octanol–water partition coefficient (Wildman–Crippen LogP) is 3.90. The van der Waals surface area contributed by atoms with Crippen LogP contribution in [0.2, 0.25) is 0 Å². The van der Waals surface area contributed by atoms with E-state index >= 15 is 0 Å². The van der Waals surface area contributed by atoms with Crippen LogP contribution >= 0.6 is 0 Å². The van der Waals surface area contributed by atoms with Crippen molar-refractivity contribution < 1.29 is 9.59 Å². The van der Waals surface area contributed by atoms with Gasteiger partial charge in [0.1, 0.15) is 0 Å². The Morgan fingerprint density at radius 1 is 1.00 bits per heavy atom. The minimum absolute atomic E-state index is 0.0390. The molecule has 0 bridgehead atoms. The summed E-state index contributed by atoms with van der Waals surface area (Å²) < 4.78 is 0. The van der Waals surface area contributed by atoms with Crippen molar-refractivity contribution in [1.82, 2.24) is 0 Å². The summed E-state index contributed by atoms with van der Waals surface area (Å²) in [5, 5.41) is 5.80. The Morgan fingerprint density at radius 3 is 2.48 bits per heavy atom. The van der Waals surface area contributed by atoms with Crippen LogP contribution in [0.15, 0.2) is 42.5 Å². The molecule has 2 amide bonds. The van der Waals surface area contributed by atoms with Crippen LogP contribution in [0.25, 0.3) is 0 Å². The zero-order valence-electron chi connectivity index (χ0n) is 13.3. The molecule has 23 heavy (non-hydrogen) atoms. The molecule has 0 saturated heterocycles. The average molecular weight is 308 g/mol. The van der Waals surface area contributed by atoms with Crippen LogP contribution in [-0.2, 0) is 4.79 Å². The molecule has 4 heteroatoms. The maximum absolute atomic E-state index is 12.4. The maximum atomic E-state index is 12.4. The van der Waals surface area contributed by atoms with Crippen LogP contribution in [0.3, 0.4) is 0 Å². The Bertz CT molecular complexity index is 764. The Morgan fingerprint density at radius 2 is 1.74 bits per heavy atom. The number of benzene rings is 2. The first kappa shape index (κ1) is 15.3. The van der Waals surface area contributed by atoms with Crippen molar-refractivity contribution in [2.75, 3.05) is 10.6 Å². The van der Waals surface area contributed by atoms with Crippen molar-refractivity contribution in [1.29, 1.82) is 0 Å². The third kappa shape index (κ3) is 3.59. The number of hydrogen-bond acceptors (Lipinski definition) is 2. The van der Waals surface area contributed by atoms with E-state index in [1.165, 1.54) is 0 Å². The van der Waals surface area contributed by atoms with Crippen LogP contribution in [-0.4, -0.2) is 11.8 Å². The molecule has 0 heterocycles. The lowest BCUT2D eigenvalue weighted by molar-refractivity contribution is -0.117. The summed E-state index contributed by atoms with van der Waals surface area (Å²) in [4.78, 5) is 24.3. The molecule has 1 saturated carbocycles. The molecule has 0 aromatic heterocycles. The van der Waals surface area contributed by atoms with Gasteiger partial charge in [-0.2, -0.15) is 0 Å². The number of carbonyl (C=O) groups is 2. The second-order valence-corrected chi connectivity index (χ2v) is 6.05. The third-order valence-corrected chi connectivity index (χ3v) is 4.19. The van der Waals surface area contributed by atoms with Crippen molar-refractivity contribution in [3.63, 3.8) is 0 Å². The van der Waals surface area contributed by atoms with Gasteiger partial charge in [-0.15, -0.1) is 0 Å². The highest BCUT2D eigenvalue weighted by atomic mass is 16.2. The second-order valence-electron chi connectivity index (χ2n) is 6.05. The molecule has 2 N–H and O–H groups in total. The molecule has 4 nitrogen and oxygen atoms in total. The highest BCUT2D eigenvalue weighted by Gasteiger charge is 2.29. The van der Waals surface area contributed by atoms with Crippen LogP contribution in [0.1, 0.15) is 34.3 Å². The third-order valence-electron chi connectivity index (χ3n) is 4.19. The molecular formula is C19H20N2O2. The number of nitrogens with one attached hydrogen (secondary N) is 2. The van der Waals surface area contributed by atoms with Crippen molar-refractivity contribution in [3.8, 4) is 0 Å². The largest absolute Gasteiger partial charge is 0.326 e. The zero-order chi connectivity index (χ0) is 16.4. The van der Waals surface area contributed by atoms with Gasteiger partial charge in [-0.05, 0) is 62.1 Å². The zero-order valence-corrected chi connectivity index (χ0v) is 13.3. The highest BCUT2D eigenvalue weighted by molar-refractivity contribution is 6.05. The minimum atomic E-state index is -0.179. The average Bonchev–Trinajstić information content (AvgIpc) is 3.37. The van der Waals surface area contributed by atoms with Gasteiger partial charge in [0.2, 0.25) is 5.91 Å². The van der Waals surface area contributed by atoms with Crippen LogP contribution < -0.4 is 10.6 Å². The molecular weight excluding hydrogens is 288 g/mol. The molecule has 1 aliphatic rings. The summed E-state index contributed by atoms with van der Waals surface area (Å²) in [7, 11) is 0. The molecule has 2 aromatic rings. The van der Waals surface area contributed by atoms with Crippen molar-refractivity contribution in [3.05, 3.63) is 59.2 Å². The van der Waals surface area contributed by atoms with Gasteiger partial charge in [-0.25, -0.2) is 0 Å². The highest BCUT2D eigenvalue weighted by Crippen LogP contribution is 2.30. The normalized spacial score (nSPS) is 13.5. The molecule has 1 aliphatic carbocycles. The van der Waals surface area contributed by atoms with Gasteiger partial charge in [0.05, 0.1) is 0 Å². The first-order chi connectivity index (χ1) is 11.0. The standard InChI is InChI=1S/C19H20N2O2/c1-12-5-3-8-17(13(12)2)21-19(23)15-6-4-7-16(11-15)20-18(22)14-9-10-14/h3-8,11,14H,9-10H2,1-2H3,(H,20,22)(H,21,23). The second kappa shape index (κ2) is 6.24. The van der Waals surface area contributed by atoms with Gasteiger partial charge in [-0.1, -0.05) is 18.2 Å². The van der Waals surface area contributed by atoms with Crippen LogP contribution in [0.5, 0.6) is 0 Å². The lowest BCUT2D eigenvalue weighted by Gasteiger charge is -2.11. The number of amides is 2. The summed E-state index contributed by atoms with van der Waals surface area (Å²) in [6, 6.07) is 12.9. The first-order valence-corrected chi connectivity index (χ1v) is 7.83. The van der Waals surface area contributed by atoms with E-state index in [4.69, 9.17) is 0 Å². The van der Waals surface area contributed by atoms with Crippen molar-refractivity contribution >= 4 is 23.2 Å². The van der Waals surface area contributed by atoms with Gasteiger partial charge >= 0.3 is 0 Å². The van der Waals surface area contributed by atoms with Gasteiger partial charge in [0.25, 0.3) is 5.91 Å². The fourth-order valence-corrected chi connectivity index (χ4v) is 2.41. The molecule has 0 atom stereocenters. The van der Waals surface area contributed by atoms with E-state index in [1.54, 1.807) is 24.3 Å².